The Morgan fingerprint density at radius 2 is 1.88 bits per heavy atom. The number of allylic oxidation sites excluding steroid dienone is 6. The van der Waals surface area contributed by atoms with Crippen LogP contribution < -0.4 is 0 Å². The Hall–Kier alpha value is -0.930. The Bertz CT molecular complexity index is 375. The van der Waals surface area contributed by atoms with Gasteiger partial charge in [-0.25, -0.2) is 0 Å². The van der Waals surface area contributed by atoms with Crippen molar-refractivity contribution in [1.29, 1.82) is 5.41 Å². The number of halogens is 1. The van der Waals surface area contributed by atoms with Gasteiger partial charge in [0, 0.05) is 10.2 Å². The molecule has 0 fully saturated rings. The van der Waals surface area contributed by atoms with Crippen molar-refractivity contribution in [2.45, 2.75) is 20.8 Å². The van der Waals surface area contributed by atoms with Crippen molar-refractivity contribution in [1.82, 2.24) is 0 Å². The predicted octanol–water partition coefficient (Wildman–Crippen LogP) is 3.75. The lowest BCUT2D eigenvalue weighted by atomic mass is 10.1. The molecule has 0 aliphatic heterocycles. The summed E-state index contributed by atoms with van der Waals surface area (Å²) in [6.45, 7) is 9.20. The second-order valence-corrected chi connectivity index (χ2v) is 4.51. The first kappa shape index (κ1) is 15.1. The van der Waals surface area contributed by atoms with Crippen molar-refractivity contribution < 1.29 is 5.11 Å². The van der Waals surface area contributed by atoms with Crippen LogP contribution in [-0.2, 0) is 0 Å². The van der Waals surface area contributed by atoms with Crippen LogP contribution >= 0.6 is 15.9 Å². The summed E-state index contributed by atoms with van der Waals surface area (Å²) in [7, 11) is 0. The summed E-state index contributed by atoms with van der Waals surface area (Å²) in [5.74, 6) is 0. The van der Waals surface area contributed by atoms with Gasteiger partial charge in [0.2, 0.25) is 0 Å². The van der Waals surface area contributed by atoms with Crippen LogP contribution in [0.15, 0.2) is 46.0 Å². The van der Waals surface area contributed by atoms with Crippen LogP contribution in [0, 0.1) is 5.41 Å². The summed E-state index contributed by atoms with van der Waals surface area (Å²) < 4.78 is 0.942. The average Bonchev–Trinajstić information content (AvgIpc) is 2.21. The van der Waals surface area contributed by atoms with E-state index in [9.17, 15) is 0 Å². The molecule has 0 saturated carbocycles. The molecular formula is C13H18BrNO. The zero-order chi connectivity index (χ0) is 12.7. The van der Waals surface area contributed by atoms with Gasteiger partial charge in [-0.2, -0.15) is 0 Å². The molecule has 0 aromatic heterocycles. The van der Waals surface area contributed by atoms with Crippen molar-refractivity contribution in [3.8, 4) is 0 Å². The van der Waals surface area contributed by atoms with E-state index >= 15 is 0 Å². The molecule has 0 unspecified atom stereocenters. The summed E-state index contributed by atoms with van der Waals surface area (Å²) in [5, 5.41) is 16.5. The van der Waals surface area contributed by atoms with E-state index in [-0.39, 0.29) is 6.61 Å². The SMILES string of the molecule is C=C(C)\C(Br)=C/C=C(C)/C=C(\CO)C(C)=N. The number of hydrogen-bond acceptors (Lipinski definition) is 2. The van der Waals surface area contributed by atoms with Crippen molar-refractivity contribution in [2.75, 3.05) is 6.61 Å². The Labute approximate surface area is 106 Å². The molecule has 0 heterocycles. The molecule has 0 atom stereocenters. The zero-order valence-corrected chi connectivity index (χ0v) is 11.6. The highest BCUT2D eigenvalue weighted by Gasteiger charge is 1.97. The van der Waals surface area contributed by atoms with E-state index in [2.05, 4.69) is 22.5 Å². The Kier molecular flexibility index (Phi) is 6.93. The van der Waals surface area contributed by atoms with E-state index in [0.717, 1.165) is 15.6 Å². The molecule has 0 aromatic rings. The Morgan fingerprint density at radius 3 is 2.25 bits per heavy atom. The van der Waals surface area contributed by atoms with E-state index in [1.54, 1.807) is 13.0 Å². The second-order valence-electron chi connectivity index (χ2n) is 3.66. The average molecular weight is 284 g/mol. The minimum atomic E-state index is -0.105. The lowest BCUT2D eigenvalue weighted by Crippen LogP contribution is -2.00. The number of hydrogen-bond donors (Lipinski definition) is 2. The van der Waals surface area contributed by atoms with Gasteiger partial charge in [-0.1, -0.05) is 40.2 Å². The highest BCUT2D eigenvalue weighted by Crippen LogP contribution is 2.15. The van der Waals surface area contributed by atoms with Crippen LogP contribution in [-0.4, -0.2) is 17.4 Å². The third kappa shape index (κ3) is 5.83. The van der Waals surface area contributed by atoms with Gasteiger partial charge in [-0.3, -0.25) is 0 Å². The number of nitrogens with one attached hydrogen (secondary N) is 1. The predicted molar refractivity (Wildman–Crippen MR) is 74.2 cm³/mol. The second kappa shape index (κ2) is 7.36. The lowest BCUT2D eigenvalue weighted by Gasteiger charge is -2.01. The van der Waals surface area contributed by atoms with Gasteiger partial charge in [-0.15, -0.1) is 0 Å². The fraction of sp³-hybridized carbons (Fsp3) is 0.308. The molecule has 2 N–H and O–H groups in total. The maximum atomic E-state index is 9.04. The Balaban J connectivity index is 4.87. The molecule has 2 nitrogen and oxygen atoms in total. The van der Waals surface area contributed by atoms with Gasteiger partial charge in [0.05, 0.1) is 6.61 Å². The van der Waals surface area contributed by atoms with Crippen LogP contribution in [0.1, 0.15) is 20.8 Å². The van der Waals surface area contributed by atoms with Gasteiger partial charge in [0.15, 0.2) is 0 Å². The quantitative estimate of drug-likeness (QED) is 0.586. The third-order valence-corrected chi connectivity index (χ3v) is 2.90. The van der Waals surface area contributed by atoms with Gasteiger partial charge in [0.25, 0.3) is 0 Å². The number of aliphatic hydroxyl groups is 1. The minimum absolute atomic E-state index is 0.105. The topological polar surface area (TPSA) is 44.1 Å². The molecule has 0 saturated heterocycles. The maximum absolute atomic E-state index is 9.04. The van der Waals surface area contributed by atoms with E-state index in [4.69, 9.17) is 10.5 Å². The van der Waals surface area contributed by atoms with Crippen molar-refractivity contribution in [3.63, 3.8) is 0 Å². The van der Waals surface area contributed by atoms with Gasteiger partial charge < -0.3 is 10.5 Å². The summed E-state index contributed by atoms with van der Waals surface area (Å²) >= 11 is 3.39. The normalized spacial score (nSPS) is 13.9. The van der Waals surface area contributed by atoms with Crippen LogP contribution in [0.3, 0.4) is 0 Å². The molecule has 0 aliphatic rings. The molecule has 0 radical (unpaired) electrons. The smallest absolute Gasteiger partial charge is 0.0699 e. The molecule has 0 spiro atoms. The molecule has 0 bridgehead atoms. The monoisotopic (exact) mass is 283 g/mol. The summed E-state index contributed by atoms with van der Waals surface area (Å²) in [4.78, 5) is 0. The highest BCUT2D eigenvalue weighted by molar-refractivity contribution is 9.12. The molecule has 0 aromatic carbocycles. The van der Waals surface area contributed by atoms with Crippen LogP contribution in [0.2, 0.25) is 0 Å². The van der Waals surface area contributed by atoms with E-state index < -0.39 is 0 Å². The van der Waals surface area contributed by atoms with Crippen molar-refractivity contribution in [3.05, 3.63) is 46.0 Å². The Morgan fingerprint density at radius 1 is 1.31 bits per heavy atom. The molecule has 3 heteroatoms. The van der Waals surface area contributed by atoms with Crippen LogP contribution in [0.5, 0.6) is 0 Å². The molecule has 16 heavy (non-hydrogen) atoms. The minimum Gasteiger partial charge on any atom is -0.392 e. The number of rotatable bonds is 5. The largest absolute Gasteiger partial charge is 0.392 e. The van der Waals surface area contributed by atoms with Crippen LogP contribution in [0.25, 0.3) is 0 Å². The van der Waals surface area contributed by atoms with E-state index in [1.807, 2.05) is 26.0 Å². The van der Waals surface area contributed by atoms with Crippen molar-refractivity contribution in [2.24, 2.45) is 0 Å². The molecular weight excluding hydrogens is 266 g/mol. The molecule has 0 amide bonds. The van der Waals surface area contributed by atoms with Gasteiger partial charge in [0.1, 0.15) is 0 Å². The molecule has 0 aliphatic carbocycles. The zero-order valence-electron chi connectivity index (χ0n) is 9.97. The molecule has 88 valence electrons. The highest BCUT2D eigenvalue weighted by atomic mass is 79.9. The van der Waals surface area contributed by atoms with E-state index in [1.165, 1.54) is 0 Å². The van der Waals surface area contributed by atoms with Gasteiger partial charge in [-0.05, 0) is 38.0 Å². The van der Waals surface area contributed by atoms with Crippen LogP contribution in [0.4, 0.5) is 0 Å². The van der Waals surface area contributed by atoms with Crippen molar-refractivity contribution >= 4 is 21.6 Å². The maximum Gasteiger partial charge on any atom is 0.0699 e. The van der Waals surface area contributed by atoms with Gasteiger partial charge >= 0.3 is 0 Å². The summed E-state index contributed by atoms with van der Waals surface area (Å²) in [6.07, 6.45) is 5.62. The fourth-order valence-corrected chi connectivity index (χ4v) is 1.07. The summed E-state index contributed by atoms with van der Waals surface area (Å²) in [6, 6.07) is 0. The first-order valence-corrected chi connectivity index (χ1v) is 5.74. The molecule has 0 rings (SSSR count). The first-order valence-electron chi connectivity index (χ1n) is 4.95. The first-order chi connectivity index (χ1) is 7.38. The fourth-order valence-electron chi connectivity index (χ4n) is 0.942. The standard InChI is InChI=1S/C13H18BrNO/c1-9(2)13(14)6-5-10(3)7-12(8-16)11(4)15/h5-7,15-16H,1,8H2,2-4H3/b10-5+,12-7+,13-6+,15-11?. The lowest BCUT2D eigenvalue weighted by molar-refractivity contribution is 0.337. The number of aliphatic hydroxyl groups excluding tert-OH is 1. The van der Waals surface area contributed by atoms with E-state index in [0.29, 0.717) is 11.3 Å². The third-order valence-electron chi connectivity index (χ3n) is 1.95. The summed E-state index contributed by atoms with van der Waals surface area (Å²) in [5.41, 5.74) is 2.96.